The number of carbonyl (C=O) groups excluding carboxylic acids is 7. The van der Waals surface area contributed by atoms with E-state index in [1.807, 2.05) is 0 Å². The summed E-state index contributed by atoms with van der Waals surface area (Å²) in [5.74, 6) is -8.47. The molecule has 0 fully saturated rings. The fourth-order valence-corrected chi connectivity index (χ4v) is 6.43. The van der Waals surface area contributed by atoms with Gasteiger partial charge in [-0.3, -0.25) is 28.8 Å². The minimum absolute atomic E-state index is 0. The predicted octanol–water partition coefficient (Wildman–Crippen LogP) is 2.89. The first-order valence-electron chi connectivity index (χ1n) is 23.5. The van der Waals surface area contributed by atoms with E-state index in [9.17, 15) is 61.3 Å². The zero-order chi connectivity index (χ0) is 55.7. The van der Waals surface area contributed by atoms with E-state index >= 15 is 0 Å². The van der Waals surface area contributed by atoms with Crippen LogP contribution in [-0.2, 0) is 43.0 Å². The molecule has 0 aromatic heterocycles. The van der Waals surface area contributed by atoms with Crippen molar-refractivity contribution >= 4 is 53.9 Å². The van der Waals surface area contributed by atoms with Crippen LogP contribution in [0.4, 0.5) is 22.4 Å². The van der Waals surface area contributed by atoms with Gasteiger partial charge in [0.15, 0.2) is 12.2 Å². The average Bonchev–Trinajstić information content (AvgIpc) is 3.35. The van der Waals surface area contributed by atoms with E-state index in [0.717, 1.165) is 24.3 Å². The number of aliphatic hydroxyl groups excluding tert-OH is 2. The van der Waals surface area contributed by atoms with Crippen LogP contribution < -0.4 is 43.0 Å². The maximum Gasteiger partial charge on any atom is 0.407 e. The molecule has 4 rings (SSSR count). The molecule has 25 heteroatoms. The standard InChI is InChI=1S/C28H36F2N4O7.C23H28F2N4O5.ClH/c1-17(33-26(38)23(35)19-14-20(29)16-21(30)15-19)24(36)34-22(18-8-6-5-7-9-18)25(37)31-10-12-40-13-11-32-27(39)41-28(2,3)4;1-14(28-23(33)20(30)16-11-17(24)13-18(25)12-16)21(31)29-19(15-5-3-2-4-6-15)22(32)27-8-10-34-9-7-26;/h5-9,14-17,22-23,35H,10-13H2,1-4H3,(H,31,37)(H,32,39)(H,33,38)(H,34,36);2-6,11-14,19-20,30H,7-10,26H2,1H3,(H,27,32)(H,28,33)(H,29,31);1H/t17-,22-,23?;14-,19-,20?;/m00./s1. The minimum Gasteiger partial charge on any atom is -0.444 e. The quantitative estimate of drug-likeness (QED) is 0.0338. The van der Waals surface area contributed by atoms with E-state index in [-0.39, 0.29) is 63.0 Å². The number of aliphatic hydroxyl groups is 2. The summed E-state index contributed by atoms with van der Waals surface area (Å²) in [5, 5.41) is 37.8. The highest BCUT2D eigenvalue weighted by Gasteiger charge is 2.30. The molecular weight excluding hydrogens is 1030 g/mol. The molecule has 0 aliphatic rings. The number of nitrogens with two attached hydrogens (primary N) is 1. The van der Waals surface area contributed by atoms with Gasteiger partial charge in [0.05, 0.1) is 26.4 Å². The Morgan fingerprint density at radius 1 is 0.500 bits per heavy atom. The van der Waals surface area contributed by atoms with Crippen molar-refractivity contribution in [3.05, 3.63) is 143 Å². The van der Waals surface area contributed by atoms with Gasteiger partial charge in [0.25, 0.3) is 11.8 Å². The van der Waals surface area contributed by atoms with Crippen molar-refractivity contribution in [2.75, 3.05) is 52.6 Å². The minimum atomic E-state index is -1.93. The summed E-state index contributed by atoms with van der Waals surface area (Å²) in [6.07, 6.45) is -4.40. The van der Waals surface area contributed by atoms with E-state index in [1.165, 1.54) is 13.8 Å². The monoisotopic (exact) mass is 1090 g/mol. The first-order valence-corrected chi connectivity index (χ1v) is 23.5. The van der Waals surface area contributed by atoms with E-state index in [2.05, 4.69) is 37.2 Å². The van der Waals surface area contributed by atoms with Gasteiger partial charge in [0.2, 0.25) is 23.6 Å². The van der Waals surface area contributed by atoms with Crippen molar-refractivity contribution in [3.8, 4) is 0 Å². The number of amides is 7. The second-order valence-corrected chi connectivity index (χ2v) is 17.4. The highest BCUT2D eigenvalue weighted by atomic mass is 35.5. The van der Waals surface area contributed by atoms with Gasteiger partial charge < -0.3 is 67.4 Å². The van der Waals surface area contributed by atoms with Crippen molar-refractivity contribution in [1.29, 1.82) is 0 Å². The molecule has 2 unspecified atom stereocenters. The Balaban J connectivity index is 0.000000522. The lowest BCUT2D eigenvalue weighted by atomic mass is 10.1. The number of carbonyl (C=O) groups is 7. The normalized spacial score (nSPS) is 13.2. The Morgan fingerprint density at radius 2 is 0.842 bits per heavy atom. The van der Waals surface area contributed by atoms with Crippen LogP contribution in [0.3, 0.4) is 0 Å². The molecular formula is C51H65ClF4N8O12. The molecule has 0 saturated carbocycles. The van der Waals surface area contributed by atoms with E-state index in [0.29, 0.717) is 36.4 Å². The fraction of sp³-hybridized carbons (Fsp3) is 0.392. The highest BCUT2D eigenvalue weighted by Crippen LogP contribution is 2.20. The van der Waals surface area contributed by atoms with Crippen molar-refractivity contribution in [1.82, 2.24) is 37.2 Å². The number of benzene rings is 4. The molecule has 4 aromatic rings. The van der Waals surface area contributed by atoms with Crippen LogP contribution in [0.25, 0.3) is 0 Å². The maximum absolute atomic E-state index is 13.5. The predicted molar refractivity (Wildman–Crippen MR) is 271 cm³/mol. The topological polar surface area (TPSA) is 298 Å². The largest absolute Gasteiger partial charge is 0.444 e. The molecule has 0 heterocycles. The van der Waals surface area contributed by atoms with Crippen molar-refractivity contribution < 1.29 is 75.5 Å². The maximum atomic E-state index is 13.5. The van der Waals surface area contributed by atoms with E-state index < -0.39 is 107 Å². The van der Waals surface area contributed by atoms with E-state index in [1.54, 1.807) is 81.4 Å². The Labute approximate surface area is 443 Å². The van der Waals surface area contributed by atoms with Crippen LogP contribution in [0.5, 0.6) is 0 Å². The summed E-state index contributed by atoms with van der Waals surface area (Å²) >= 11 is 0. The number of rotatable bonds is 25. The Hall–Kier alpha value is -7.22. The van der Waals surface area contributed by atoms with Gasteiger partial charge >= 0.3 is 6.09 Å². The molecule has 20 nitrogen and oxygen atoms in total. The number of hydrogen-bond donors (Lipinski definition) is 10. The van der Waals surface area contributed by atoms with Gasteiger partial charge in [-0.05, 0) is 81.1 Å². The lowest BCUT2D eigenvalue weighted by Gasteiger charge is -2.22. The number of alkyl carbamates (subject to hydrolysis) is 1. The number of halogens is 5. The Bertz CT molecular complexity index is 2480. The molecule has 4 aromatic carbocycles. The summed E-state index contributed by atoms with van der Waals surface area (Å²) in [6, 6.07) is 16.7. The van der Waals surface area contributed by atoms with Crippen LogP contribution in [-0.4, -0.2) is 122 Å². The summed E-state index contributed by atoms with van der Waals surface area (Å²) < 4.78 is 69.4. The molecule has 0 aliphatic carbocycles. The molecule has 7 amide bonds. The first kappa shape index (κ1) is 64.9. The molecule has 0 bridgehead atoms. The molecule has 11 N–H and O–H groups in total. The smallest absolute Gasteiger partial charge is 0.407 e. The zero-order valence-corrected chi connectivity index (χ0v) is 43.1. The molecule has 0 spiro atoms. The first-order chi connectivity index (χ1) is 35.5. The second-order valence-electron chi connectivity index (χ2n) is 17.4. The highest BCUT2D eigenvalue weighted by molar-refractivity contribution is 5.94. The summed E-state index contributed by atoms with van der Waals surface area (Å²) in [5.41, 5.74) is 5.07. The molecule has 76 heavy (non-hydrogen) atoms. The Kier molecular flexibility index (Phi) is 28.1. The van der Waals surface area contributed by atoms with Crippen molar-refractivity contribution in [2.45, 2.75) is 76.6 Å². The van der Waals surface area contributed by atoms with Gasteiger partial charge in [0.1, 0.15) is 53.0 Å². The van der Waals surface area contributed by atoms with Gasteiger partial charge in [-0.1, -0.05) is 60.7 Å². The third kappa shape index (κ3) is 23.5. The molecule has 416 valence electrons. The zero-order valence-electron chi connectivity index (χ0n) is 42.3. The molecule has 6 atom stereocenters. The van der Waals surface area contributed by atoms with Gasteiger partial charge in [0, 0.05) is 38.3 Å². The lowest BCUT2D eigenvalue weighted by Crippen LogP contribution is -2.50. The third-order valence-electron chi connectivity index (χ3n) is 10.0. The SMILES string of the molecule is C[C@H](NC(=O)C(O)c1cc(F)cc(F)c1)C(=O)N[C@H](C(=O)NCCOCCN)c1ccccc1.C[C@H](NC(=O)C(O)c1cc(F)cc(F)c1)C(=O)N[C@H](C(=O)NCCOCCNC(=O)OC(C)(C)C)c1ccccc1.Cl. The average molecular weight is 1090 g/mol. The van der Waals surface area contributed by atoms with E-state index in [4.69, 9.17) is 19.9 Å². The van der Waals surface area contributed by atoms with Crippen LogP contribution in [0, 0.1) is 23.3 Å². The fourth-order valence-electron chi connectivity index (χ4n) is 6.43. The summed E-state index contributed by atoms with van der Waals surface area (Å²) in [6.45, 7) is 9.65. The number of hydrogen-bond acceptors (Lipinski definition) is 13. The van der Waals surface area contributed by atoms with Gasteiger partial charge in [-0.25, -0.2) is 22.4 Å². The summed E-state index contributed by atoms with van der Waals surface area (Å²) in [4.78, 5) is 87.5. The molecule has 0 aliphatic heterocycles. The third-order valence-corrected chi connectivity index (χ3v) is 10.0. The van der Waals surface area contributed by atoms with Crippen molar-refractivity contribution in [3.63, 3.8) is 0 Å². The van der Waals surface area contributed by atoms with Gasteiger partial charge in [-0.2, -0.15) is 0 Å². The van der Waals surface area contributed by atoms with Crippen LogP contribution >= 0.6 is 12.4 Å². The molecule has 0 radical (unpaired) electrons. The number of nitrogens with one attached hydrogen (secondary N) is 7. The Morgan fingerprint density at radius 3 is 1.18 bits per heavy atom. The number of ether oxygens (including phenoxy) is 3. The second kappa shape index (κ2) is 32.9. The lowest BCUT2D eigenvalue weighted by molar-refractivity contribution is -0.135. The molecule has 0 saturated heterocycles. The summed E-state index contributed by atoms with van der Waals surface area (Å²) in [7, 11) is 0. The van der Waals surface area contributed by atoms with Gasteiger partial charge in [-0.15, -0.1) is 12.4 Å². The van der Waals surface area contributed by atoms with Crippen LogP contribution in [0.1, 0.15) is 81.2 Å². The van der Waals surface area contributed by atoms with Crippen molar-refractivity contribution in [2.24, 2.45) is 5.73 Å². The van der Waals surface area contributed by atoms with Crippen LogP contribution in [0.15, 0.2) is 97.1 Å². The van der Waals surface area contributed by atoms with Crippen LogP contribution in [0.2, 0.25) is 0 Å².